The number of nitrogens with zero attached hydrogens (tertiary/aromatic N) is 3. The molecule has 1 aliphatic rings. The Kier molecular flexibility index (Phi) is 1.24. The van der Waals surface area contributed by atoms with Crippen LogP contribution >= 0.6 is 11.5 Å². The van der Waals surface area contributed by atoms with Crippen molar-refractivity contribution in [1.29, 1.82) is 0 Å². The molecule has 4 heteroatoms. The van der Waals surface area contributed by atoms with E-state index in [1.165, 1.54) is 11.5 Å². The van der Waals surface area contributed by atoms with E-state index in [0.717, 1.165) is 18.8 Å². The summed E-state index contributed by atoms with van der Waals surface area (Å²) in [5.41, 5.74) is 0.272. The van der Waals surface area contributed by atoms with Gasteiger partial charge in [-0.1, -0.05) is 13.8 Å². The van der Waals surface area contributed by atoms with Crippen LogP contribution < -0.4 is 10.2 Å². The second-order valence-electron chi connectivity index (χ2n) is 3.81. The molecule has 11 heavy (non-hydrogen) atoms. The Morgan fingerprint density at radius 3 is 3.00 bits per heavy atom. The number of fused-ring (bicyclic) bond motifs is 1. The summed E-state index contributed by atoms with van der Waals surface area (Å²) >= 11 is 1.18. The molecule has 2 heterocycles. The third-order valence-electron chi connectivity index (χ3n) is 2.00. The Labute approximate surface area is 69.4 Å². The molecule has 3 nitrogen and oxygen atoms in total. The van der Waals surface area contributed by atoms with Crippen LogP contribution in [-0.2, 0) is 13.0 Å². The molecule has 2 rings (SSSR count). The maximum Gasteiger partial charge on any atom is 0.229 e. The van der Waals surface area contributed by atoms with E-state index >= 15 is 0 Å². The molecule has 0 aromatic carbocycles. The molecular weight excluding hydrogens is 158 g/mol. The summed E-state index contributed by atoms with van der Waals surface area (Å²) in [6, 6.07) is 0. The van der Waals surface area contributed by atoms with E-state index in [1.807, 2.05) is 4.57 Å². The van der Waals surface area contributed by atoms with Crippen LogP contribution in [0.3, 0.4) is 0 Å². The van der Waals surface area contributed by atoms with Gasteiger partial charge in [0, 0.05) is 24.5 Å². The molecule has 1 aromatic rings. The lowest BCUT2D eigenvalue weighted by atomic mass is 9.92. The first-order valence-electron chi connectivity index (χ1n) is 3.66. The third-order valence-corrected chi connectivity index (χ3v) is 2.68. The number of hydrogen-bond donors (Lipinski definition) is 0. The zero-order chi connectivity index (χ0) is 8.06. The third kappa shape index (κ3) is 1.01. The predicted octanol–water partition coefficient (Wildman–Crippen LogP) is 0.228. The van der Waals surface area contributed by atoms with E-state index in [2.05, 4.69) is 18.2 Å². The lowest BCUT2D eigenvalue weighted by Gasteiger charge is -2.13. The average molecular weight is 168 g/mol. The summed E-state index contributed by atoms with van der Waals surface area (Å²) in [7, 11) is 0. The molecule has 0 fully saturated rings. The molecule has 0 unspecified atom stereocenters. The van der Waals surface area contributed by atoms with Crippen LogP contribution in [-0.4, -0.2) is 8.94 Å². The van der Waals surface area contributed by atoms with Crippen LogP contribution in [0.2, 0.25) is 0 Å². The highest BCUT2D eigenvalue weighted by Crippen LogP contribution is 2.28. The normalized spacial score (nSPS) is 20.2. The van der Waals surface area contributed by atoms with E-state index in [4.69, 9.17) is 0 Å². The Morgan fingerprint density at radius 2 is 2.36 bits per heavy atom. The standard InChI is InChI=1S/C7H10N3S/c1-7(2)3-5-9-11-6(8)10(5)4-7/h3-4H2,1-2H3. The summed E-state index contributed by atoms with van der Waals surface area (Å²) < 4.78 is 6.04. The Morgan fingerprint density at radius 1 is 1.64 bits per heavy atom. The summed E-state index contributed by atoms with van der Waals surface area (Å²) in [5.74, 6) is 1.03. The lowest BCUT2D eigenvalue weighted by molar-refractivity contribution is 0.356. The number of rotatable bonds is 0. The summed E-state index contributed by atoms with van der Waals surface area (Å²) in [6.45, 7) is 5.27. The molecular formula is C7H10N3S. The van der Waals surface area contributed by atoms with Gasteiger partial charge >= 0.3 is 0 Å². The van der Waals surface area contributed by atoms with Crippen molar-refractivity contribution >= 4 is 11.5 Å². The second kappa shape index (κ2) is 1.94. The molecule has 0 saturated carbocycles. The second-order valence-corrected chi connectivity index (χ2v) is 4.54. The van der Waals surface area contributed by atoms with Crippen LogP contribution in [0.4, 0.5) is 0 Å². The van der Waals surface area contributed by atoms with Crippen molar-refractivity contribution in [2.24, 2.45) is 5.41 Å². The van der Waals surface area contributed by atoms with Gasteiger partial charge < -0.3 is 4.57 Å². The van der Waals surface area contributed by atoms with Gasteiger partial charge in [0.05, 0.1) is 0 Å². The lowest BCUT2D eigenvalue weighted by Crippen LogP contribution is -2.19. The minimum Gasteiger partial charge on any atom is -0.302 e. The summed E-state index contributed by atoms with van der Waals surface area (Å²) in [5, 5.41) is 9.32. The molecule has 0 saturated heterocycles. The monoisotopic (exact) mass is 168 g/mol. The van der Waals surface area contributed by atoms with E-state index < -0.39 is 0 Å². The molecule has 1 aromatic heterocycles. The van der Waals surface area contributed by atoms with Gasteiger partial charge in [-0.25, -0.2) is 0 Å². The van der Waals surface area contributed by atoms with E-state index in [9.17, 15) is 5.41 Å². The van der Waals surface area contributed by atoms with Crippen LogP contribution in [0.5, 0.6) is 0 Å². The average Bonchev–Trinajstić information content (AvgIpc) is 2.31. The maximum absolute atomic E-state index is 9.32. The van der Waals surface area contributed by atoms with Crippen molar-refractivity contribution in [3.05, 3.63) is 10.6 Å². The zero-order valence-electron chi connectivity index (χ0n) is 6.66. The first-order chi connectivity index (χ1) is 5.08. The SMILES string of the molecule is CC1(C)Cc2nsc(=[N])n2C1. The number of aromatic nitrogens is 2. The van der Waals surface area contributed by atoms with Gasteiger partial charge in [0.15, 0.2) is 0 Å². The van der Waals surface area contributed by atoms with Crippen LogP contribution in [0, 0.1) is 5.41 Å². The Bertz CT molecular complexity index is 334. The predicted molar refractivity (Wildman–Crippen MR) is 42.9 cm³/mol. The smallest absolute Gasteiger partial charge is 0.229 e. The van der Waals surface area contributed by atoms with Crippen molar-refractivity contribution in [1.82, 2.24) is 14.3 Å². The van der Waals surface area contributed by atoms with E-state index in [1.54, 1.807) is 0 Å². The fourth-order valence-electron chi connectivity index (χ4n) is 1.50. The molecule has 1 aliphatic heterocycles. The summed E-state index contributed by atoms with van der Waals surface area (Å²) in [4.78, 5) is 0.338. The maximum atomic E-state index is 9.32. The first kappa shape index (κ1) is 7.03. The van der Waals surface area contributed by atoms with Crippen molar-refractivity contribution in [3.8, 4) is 0 Å². The molecule has 0 N–H and O–H groups in total. The first-order valence-corrected chi connectivity index (χ1v) is 4.43. The van der Waals surface area contributed by atoms with Gasteiger partial charge in [-0.2, -0.15) is 4.37 Å². The Hall–Kier alpha value is -0.640. The van der Waals surface area contributed by atoms with Gasteiger partial charge in [-0.05, 0) is 5.41 Å². The fraction of sp³-hybridized carbons (Fsp3) is 0.714. The van der Waals surface area contributed by atoms with Crippen LogP contribution in [0.15, 0.2) is 0 Å². The van der Waals surface area contributed by atoms with Gasteiger partial charge in [0.1, 0.15) is 5.82 Å². The molecule has 59 valence electrons. The summed E-state index contributed by atoms with van der Waals surface area (Å²) in [6.07, 6.45) is 0.976. The van der Waals surface area contributed by atoms with E-state index in [0.29, 0.717) is 4.80 Å². The van der Waals surface area contributed by atoms with Gasteiger partial charge in [-0.3, -0.25) is 0 Å². The van der Waals surface area contributed by atoms with E-state index in [-0.39, 0.29) is 5.41 Å². The van der Waals surface area contributed by atoms with Crippen molar-refractivity contribution in [2.45, 2.75) is 26.8 Å². The molecule has 0 spiro atoms. The quantitative estimate of drug-likeness (QED) is 0.546. The zero-order valence-corrected chi connectivity index (χ0v) is 7.48. The molecule has 0 amide bonds. The highest BCUT2D eigenvalue weighted by Gasteiger charge is 2.30. The van der Waals surface area contributed by atoms with Crippen LogP contribution in [0.1, 0.15) is 19.7 Å². The molecule has 0 aliphatic carbocycles. The molecule has 0 atom stereocenters. The van der Waals surface area contributed by atoms with Crippen LogP contribution in [0.25, 0.3) is 0 Å². The Balaban J connectivity index is 2.50. The minimum absolute atomic E-state index is 0.272. The highest BCUT2D eigenvalue weighted by atomic mass is 32.1. The largest absolute Gasteiger partial charge is 0.302 e. The molecule has 0 bridgehead atoms. The molecule has 1 radical (unpaired) electrons. The van der Waals surface area contributed by atoms with Gasteiger partial charge in [0.2, 0.25) is 4.80 Å². The topological polar surface area (TPSA) is 40.1 Å². The minimum atomic E-state index is 0.272. The van der Waals surface area contributed by atoms with Gasteiger partial charge in [-0.15, -0.1) is 5.41 Å². The van der Waals surface area contributed by atoms with Crippen molar-refractivity contribution in [2.75, 3.05) is 0 Å². The van der Waals surface area contributed by atoms with Gasteiger partial charge in [0.25, 0.3) is 0 Å². The number of hydrogen-bond acceptors (Lipinski definition) is 2. The van der Waals surface area contributed by atoms with Crippen molar-refractivity contribution < 1.29 is 0 Å². The fourth-order valence-corrected chi connectivity index (χ4v) is 2.12. The van der Waals surface area contributed by atoms with Crippen molar-refractivity contribution in [3.63, 3.8) is 0 Å². The highest BCUT2D eigenvalue weighted by molar-refractivity contribution is 7.02.